The van der Waals surface area contributed by atoms with Crippen molar-refractivity contribution in [1.29, 1.82) is 0 Å². The average molecular weight is 345 g/mol. The standard InChI is InChI=1S/C24H27NO/c1-2-3-20-5-4-19(15-25-20)22-7-6-21(26)11-23(22)24-12-16-8-17(13-24)10-18(9-16)14-24/h2-7,11,15-18,26H,8-10,12-14H2,1H3/b3-2+. The number of hydrogen-bond acceptors (Lipinski definition) is 2. The molecule has 0 radical (unpaired) electrons. The van der Waals surface area contributed by atoms with Crippen molar-refractivity contribution in [2.45, 2.75) is 50.9 Å². The van der Waals surface area contributed by atoms with Crippen LogP contribution in [-0.4, -0.2) is 10.1 Å². The third-order valence-corrected chi connectivity index (χ3v) is 7.05. The molecule has 1 N–H and O–H groups in total. The fraction of sp³-hybridized carbons (Fsp3) is 0.458. The van der Waals surface area contributed by atoms with Gasteiger partial charge in [0.1, 0.15) is 5.75 Å². The minimum Gasteiger partial charge on any atom is -0.508 e. The summed E-state index contributed by atoms with van der Waals surface area (Å²) in [4.78, 5) is 4.61. The molecule has 0 atom stereocenters. The molecule has 0 aliphatic heterocycles. The Morgan fingerprint density at radius 1 is 1.00 bits per heavy atom. The Hall–Kier alpha value is -2.09. The molecule has 1 heterocycles. The first kappa shape index (κ1) is 16.1. The second kappa shape index (κ2) is 5.97. The van der Waals surface area contributed by atoms with Crippen LogP contribution in [-0.2, 0) is 5.41 Å². The number of pyridine rings is 1. The molecule has 0 spiro atoms. The summed E-state index contributed by atoms with van der Waals surface area (Å²) in [5.41, 5.74) is 5.07. The summed E-state index contributed by atoms with van der Waals surface area (Å²) in [5.74, 6) is 3.09. The number of aromatic hydroxyl groups is 1. The van der Waals surface area contributed by atoms with Gasteiger partial charge >= 0.3 is 0 Å². The van der Waals surface area contributed by atoms with Crippen LogP contribution in [0.5, 0.6) is 5.75 Å². The number of allylic oxidation sites excluding steroid dienone is 1. The maximum absolute atomic E-state index is 10.3. The summed E-state index contributed by atoms with van der Waals surface area (Å²) in [6, 6.07) is 10.3. The highest BCUT2D eigenvalue weighted by molar-refractivity contribution is 5.70. The van der Waals surface area contributed by atoms with E-state index in [2.05, 4.69) is 29.2 Å². The van der Waals surface area contributed by atoms with Crippen LogP contribution < -0.4 is 0 Å². The van der Waals surface area contributed by atoms with Gasteiger partial charge in [-0.05, 0) is 104 Å². The van der Waals surface area contributed by atoms with Crippen LogP contribution in [0, 0.1) is 17.8 Å². The van der Waals surface area contributed by atoms with Gasteiger partial charge in [-0.25, -0.2) is 0 Å². The molecule has 4 saturated carbocycles. The van der Waals surface area contributed by atoms with E-state index < -0.39 is 0 Å². The van der Waals surface area contributed by atoms with Crippen LogP contribution in [0.25, 0.3) is 17.2 Å². The Bertz CT molecular complexity index is 814. The Kier molecular flexibility index (Phi) is 3.70. The van der Waals surface area contributed by atoms with Crippen molar-refractivity contribution in [3.05, 3.63) is 53.9 Å². The fourth-order valence-electron chi connectivity index (χ4n) is 6.50. The highest BCUT2D eigenvalue weighted by atomic mass is 16.3. The lowest BCUT2D eigenvalue weighted by molar-refractivity contribution is -0.00500. The molecule has 2 aromatic rings. The minimum atomic E-state index is 0.269. The largest absolute Gasteiger partial charge is 0.508 e. The molecule has 4 fully saturated rings. The third kappa shape index (κ3) is 2.58. The predicted molar refractivity (Wildman–Crippen MR) is 106 cm³/mol. The summed E-state index contributed by atoms with van der Waals surface area (Å²) < 4.78 is 0. The molecule has 26 heavy (non-hydrogen) atoms. The molecule has 134 valence electrons. The van der Waals surface area contributed by atoms with Gasteiger partial charge in [0.05, 0.1) is 5.69 Å². The van der Waals surface area contributed by atoms with Crippen LogP contribution in [0.2, 0.25) is 0 Å². The zero-order chi connectivity index (χ0) is 17.7. The van der Waals surface area contributed by atoms with Gasteiger partial charge in [-0.3, -0.25) is 4.98 Å². The molecule has 1 aromatic heterocycles. The van der Waals surface area contributed by atoms with Crippen molar-refractivity contribution in [2.24, 2.45) is 17.8 Å². The van der Waals surface area contributed by atoms with E-state index >= 15 is 0 Å². The summed E-state index contributed by atoms with van der Waals surface area (Å²) in [6.45, 7) is 2.01. The van der Waals surface area contributed by atoms with Gasteiger partial charge in [-0.2, -0.15) is 0 Å². The van der Waals surface area contributed by atoms with Gasteiger partial charge in [0, 0.05) is 11.8 Å². The van der Waals surface area contributed by atoms with Crippen LogP contribution >= 0.6 is 0 Å². The zero-order valence-corrected chi connectivity index (χ0v) is 15.5. The molecule has 0 unspecified atom stereocenters. The first-order chi connectivity index (χ1) is 12.6. The summed E-state index contributed by atoms with van der Waals surface area (Å²) >= 11 is 0. The number of hydrogen-bond donors (Lipinski definition) is 1. The zero-order valence-electron chi connectivity index (χ0n) is 15.5. The van der Waals surface area contributed by atoms with Crippen molar-refractivity contribution in [3.8, 4) is 16.9 Å². The van der Waals surface area contributed by atoms with Crippen molar-refractivity contribution in [3.63, 3.8) is 0 Å². The van der Waals surface area contributed by atoms with Crippen molar-refractivity contribution in [2.75, 3.05) is 0 Å². The van der Waals surface area contributed by atoms with Gasteiger partial charge < -0.3 is 5.11 Å². The van der Waals surface area contributed by atoms with Gasteiger partial charge in [0.2, 0.25) is 0 Å². The summed E-state index contributed by atoms with van der Waals surface area (Å²) in [7, 11) is 0. The van der Waals surface area contributed by atoms with Gasteiger partial charge in [0.15, 0.2) is 0 Å². The molecule has 1 aromatic carbocycles. The van der Waals surface area contributed by atoms with Crippen molar-refractivity contribution >= 4 is 6.08 Å². The van der Waals surface area contributed by atoms with Crippen molar-refractivity contribution < 1.29 is 5.11 Å². The highest BCUT2D eigenvalue weighted by Crippen LogP contribution is 2.62. The first-order valence-corrected chi connectivity index (χ1v) is 10.1. The lowest BCUT2D eigenvalue weighted by Crippen LogP contribution is -2.48. The quantitative estimate of drug-likeness (QED) is 0.745. The van der Waals surface area contributed by atoms with E-state index in [4.69, 9.17) is 0 Å². The third-order valence-electron chi connectivity index (χ3n) is 7.05. The molecular formula is C24H27NO. The molecule has 4 bridgehead atoms. The van der Waals surface area contributed by atoms with E-state index in [0.717, 1.165) is 23.4 Å². The lowest BCUT2D eigenvalue weighted by atomic mass is 9.47. The highest BCUT2D eigenvalue weighted by Gasteiger charge is 2.52. The van der Waals surface area contributed by atoms with E-state index in [0.29, 0.717) is 5.75 Å². The van der Waals surface area contributed by atoms with Crippen LogP contribution in [0.15, 0.2) is 42.6 Å². The number of phenols is 1. The van der Waals surface area contributed by atoms with Gasteiger partial charge in [0.25, 0.3) is 0 Å². The number of phenolic OH excluding ortho intramolecular Hbond substituents is 1. The second-order valence-electron chi connectivity index (χ2n) is 8.90. The maximum Gasteiger partial charge on any atom is 0.115 e. The number of benzene rings is 1. The Morgan fingerprint density at radius 3 is 2.27 bits per heavy atom. The SMILES string of the molecule is C/C=C/c1ccc(-c2ccc(O)cc2C23CC4CC(CC(C4)C2)C3)cn1. The topological polar surface area (TPSA) is 33.1 Å². The van der Waals surface area contributed by atoms with Gasteiger partial charge in [-0.15, -0.1) is 0 Å². The normalized spacial score (nSPS) is 32.4. The maximum atomic E-state index is 10.3. The average Bonchev–Trinajstić information content (AvgIpc) is 2.62. The Morgan fingerprint density at radius 2 is 1.69 bits per heavy atom. The van der Waals surface area contributed by atoms with Crippen LogP contribution in [0.4, 0.5) is 0 Å². The van der Waals surface area contributed by atoms with E-state index in [-0.39, 0.29) is 5.41 Å². The molecule has 4 aliphatic rings. The second-order valence-corrected chi connectivity index (χ2v) is 8.90. The van der Waals surface area contributed by atoms with E-state index in [1.165, 1.54) is 55.2 Å². The molecule has 4 aliphatic carbocycles. The molecule has 2 heteroatoms. The monoisotopic (exact) mass is 345 g/mol. The van der Waals surface area contributed by atoms with Crippen LogP contribution in [0.1, 0.15) is 56.7 Å². The molecule has 0 amide bonds. The van der Waals surface area contributed by atoms with E-state index in [9.17, 15) is 5.11 Å². The Balaban J connectivity index is 1.60. The number of aromatic nitrogens is 1. The van der Waals surface area contributed by atoms with Gasteiger partial charge in [-0.1, -0.05) is 18.2 Å². The smallest absolute Gasteiger partial charge is 0.115 e. The van der Waals surface area contributed by atoms with Crippen molar-refractivity contribution in [1.82, 2.24) is 4.98 Å². The lowest BCUT2D eigenvalue weighted by Gasteiger charge is -2.57. The molecule has 2 nitrogen and oxygen atoms in total. The Labute approximate surface area is 156 Å². The fourth-order valence-corrected chi connectivity index (χ4v) is 6.50. The summed E-state index contributed by atoms with van der Waals surface area (Å²) in [5, 5.41) is 10.3. The van der Waals surface area contributed by atoms with E-state index in [1.807, 2.05) is 31.3 Å². The predicted octanol–water partition coefficient (Wildman–Crippen LogP) is 5.96. The number of rotatable bonds is 3. The minimum absolute atomic E-state index is 0.269. The number of nitrogens with zero attached hydrogens (tertiary/aromatic N) is 1. The molecule has 6 rings (SSSR count). The van der Waals surface area contributed by atoms with E-state index in [1.54, 1.807) is 0 Å². The first-order valence-electron chi connectivity index (χ1n) is 10.1. The molecular weight excluding hydrogens is 318 g/mol. The van der Waals surface area contributed by atoms with Crippen LogP contribution in [0.3, 0.4) is 0 Å². The summed E-state index contributed by atoms with van der Waals surface area (Å²) in [6.07, 6.45) is 14.3. The molecule has 0 saturated heterocycles.